The summed E-state index contributed by atoms with van der Waals surface area (Å²) in [6.45, 7) is 0. The molecule has 0 aliphatic heterocycles. The quantitative estimate of drug-likeness (QED) is 0.441. The number of hydrogen-bond donors (Lipinski definition) is 2. The van der Waals surface area contributed by atoms with Crippen molar-refractivity contribution >= 4 is 22.2 Å². The van der Waals surface area contributed by atoms with Crippen molar-refractivity contribution in [1.29, 1.82) is 0 Å². The third kappa shape index (κ3) is 2.91. The molecule has 0 atom stereocenters. The Bertz CT molecular complexity index is 1600. The van der Waals surface area contributed by atoms with Crippen LogP contribution >= 0.6 is 0 Å². The van der Waals surface area contributed by atoms with Gasteiger partial charge < -0.3 is 14.4 Å². The summed E-state index contributed by atoms with van der Waals surface area (Å²) in [5.41, 5.74) is 5.72. The van der Waals surface area contributed by atoms with E-state index in [4.69, 9.17) is 14.4 Å². The lowest BCUT2D eigenvalue weighted by atomic mass is 10.1. The molecule has 0 fully saturated rings. The predicted molar refractivity (Wildman–Crippen MR) is 118 cm³/mol. The van der Waals surface area contributed by atoms with Crippen molar-refractivity contribution in [2.75, 3.05) is 0 Å². The van der Waals surface area contributed by atoms with Crippen molar-refractivity contribution in [2.45, 2.75) is 0 Å². The number of imidazole rings is 1. The summed E-state index contributed by atoms with van der Waals surface area (Å²) in [5.74, 6) is 0.570. The number of furan rings is 1. The van der Waals surface area contributed by atoms with Gasteiger partial charge in [0.1, 0.15) is 11.4 Å². The van der Waals surface area contributed by atoms with Gasteiger partial charge in [-0.3, -0.25) is 4.79 Å². The molecule has 7 nitrogen and oxygen atoms in total. The molecule has 4 aromatic heterocycles. The minimum absolute atomic E-state index is 0.199. The maximum atomic E-state index is 13.0. The van der Waals surface area contributed by atoms with Gasteiger partial charge in [-0.05, 0) is 29.8 Å². The van der Waals surface area contributed by atoms with Crippen LogP contribution in [-0.2, 0) is 0 Å². The molecule has 0 radical (unpaired) electrons. The first kappa shape index (κ1) is 17.3. The molecule has 7 heteroatoms. The van der Waals surface area contributed by atoms with Crippen molar-refractivity contribution in [3.8, 4) is 34.0 Å². The van der Waals surface area contributed by atoms with E-state index in [9.17, 15) is 4.79 Å². The first-order chi connectivity index (χ1) is 15.3. The Morgan fingerprint density at radius 1 is 0.839 bits per heavy atom. The molecule has 148 valence electrons. The Labute approximate surface area is 175 Å². The molecule has 0 saturated carbocycles. The van der Waals surface area contributed by atoms with Gasteiger partial charge in [-0.25, -0.2) is 15.0 Å². The third-order valence-corrected chi connectivity index (χ3v) is 5.19. The molecule has 0 bridgehead atoms. The third-order valence-electron chi connectivity index (χ3n) is 5.19. The number of nitrogens with zero attached hydrogens (tertiary/aromatic N) is 3. The van der Waals surface area contributed by atoms with Crippen molar-refractivity contribution < 1.29 is 4.42 Å². The summed E-state index contributed by atoms with van der Waals surface area (Å²) in [4.78, 5) is 33.1. The molecule has 0 amide bonds. The molecule has 31 heavy (non-hydrogen) atoms. The molecular formula is C24H15N5O2. The molecule has 2 N–H and O–H groups in total. The summed E-state index contributed by atoms with van der Waals surface area (Å²) < 4.78 is 5.63. The van der Waals surface area contributed by atoms with Gasteiger partial charge in [0.2, 0.25) is 5.43 Å². The predicted octanol–water partition coefficient (Wildman–Crippen LogP) is 4.79. The van der Waals surface area contributed by atoms with Crippen molar-refractivity contribution in [3.05, 3.63) is 89.5 Å². The molecule has 0 unspecified atom stereocenters. The van der Waals surface area contributed by atoms with Gasteiger partial charge in [-0.15, -0.1) is 0 Å². The van der Waals surface area contributed by atoms with Crippen molar-refractivity contribution in [2.24, 2.45) is 0 Å². The Morgan fingerprint density at radius 3 is 2.58 bits per heavy atom. The summed E-state index contributed by atoms with van der Waals surface area (Å²) in [6.07, 6.45) is 3.23. The molecule has 6 rings (SSSR count). The van der Waals surface area contributed by atoms with Gasteiger partial charge >= 0.3 is 0 Å². The number of nitrogens with one attached hydrogen (secondary N) is 2. The minimum atomic E-state index is -0.199. The van der Waals surface area contributed by atoms with E-state index < -0.39 is 0 Å². The highest BCUT2D eigenvalue weighted by molar-refractivity contribution is 5.88. The summed E-state index contributed by atoms with van der Waals surface area (Å²) in [7, 11) is 0. The van der Waals surface area contributed by atoms with E-state index in [0.717, 1.165) is 22.2 Å². The molecular weight excluding hydrogens is 390 g/mol. The van der Waals surface area contributed by atoms with Crippen LogP contribution in [0.25, 0.3) is 56.2 Å². The fourth-order valence-electron chi connectivity index (χ4n) is 3.70. The Morgan fingerprint density at radius 2 is 1.74 bits per heavy atom. The van der Waals surface area contributed by atoms with E-state index in [1.54, 1.807) is 24.7 Å². The zero-order valence-corrected chi connectivity index (χ0v) is 16.2. The topological polar surface area (TPSA) is 100 Å². The van der Waals surface area contributed by atoms with E-state index in [1.165, 1.54) is 0 Å². The average Bonchev–Trinajstić information content (AvgIpc) is 3.50. The number of pyridine rings is 1. The van der Waals surface area contributed by atoms with Crippen LogP contribution in [0.5, 0.6) is 0 Å². The Kier molecular flexibility index (Phi) is 3.79. The normalized spacial score (nSPS) is 11.4. The lowest BCUT2D eigenvalue weighted by Gasteiger charge is -2.10. The SMILES string of the molecule is O=c1cc(-c2ccccc2)[nH]c2nc(-c3ccco3)c(-c3ccc4nc[nH]c4c3)nc12. The lowest BCUT2D eigenvalue weighted by Crippen LogP contribution is -2.08. The number of hydrogen-bond acceptors (Lipinski definition) is 5. The van der Waals surface area contributed by atoms with E-state index in [0.29, 0.717) is 28.5 Å². The van der Waals surface area contributed by atoms with Gasteiger partial charge in [0, 0.05) is 11.6 Å². The first-order valence-corrected chi connectivity index (χ1v) is 9.74. The molecule has 0 saturated heterocycles. The largest absolute Gasteiger partial charge is 0.463 e. The zero-order chi connectivity index (χ0) is 20.8. The van der Waals surface area contributed by atoms with Gasteiger partial charge in [0.25, 0.3) is 0 Å². The van der Waals surface area contributed by atoms with E-state index in [-0.39, 0.29) is 10.9 Å². The molecule has 4 heterocycles. The van der Waals surface area contributed by atoms with Crippen LogP contribution in [0.15, 0.2) is 88.5 Å². The minimum Gasteiger partial charge on any atom is -0.463 e. The van der Waals surface area contributed by atoms with Crippen LogP contribution in [0, 0.1) is 0 Å². The molecule has 0 aliphatic rings. The average molecular weight is 405 g/mol. The van der Waals surface area contributed by atoms with E-state index in [2.05, 4.69) is 15.0 Å². The van der Waals surface area contributed by atoms with Crippen LogP contribution in [0.3, 0.4) is 0 Å². The summed E-state index contributed by atoms with van der Waals surface area (Å²) >= 11 is 0. The van der Waals surface area contributed by atoms with Crippen LogP contribution in [0.2, 0.25) is 0 Å². The van der Waals surface area contributed by atoms with Crippen molar-refractivity contribution in [3.63, 3.8) is 0 Å². The zero-order valence-electron chi connectivity index (χ0n) is 16.2. The van der Waals surface area contributed by atoms with Crippen LogP contribution in [0.4, 0.5) is 0 Å². The van der Waals surface area contributed by atoms with Crippen LogP contribution < -0.4 is 5.43 Å². The van der Waals surface area contributed by atoms with Gasteiger partial charge in [0.05, 0.1) is 29.3 Å². The van der Waals surface area contributed by atoms with E-state index in [1.807, 2.05) is 54.6 Å². The second kappa shape index (κ2) is 6.77. The molecule has 0 aliphatic carbocycles. The summed E-state index contributed by atoms with van der Waals surface area (Å²) in [6, 6.07) is 20.6. The van der Waals surface area contributed by atoms with Gasteiger partial charge in [0.15, 0.2) is 16.9 Å². The summed E-state index contributed by atoms with van der Waals surface area (Å²) in [5, 5.41) is 0. The molecule has 2 aromatic carbocycles. The fraction of sp³-hybridized carbons (Fsp3) is 0. The fourth-order valence-corrected chi connectivity index (χ4v) is 3.70. The highest BCUT2D eigenvalue weighted by Crippen LogP contribution is 2.32. The number of benzene rings is 2. The maximum Gasteiger partial charge on any atom is 0.210 e. The van der Waals surface area contributed by atoms with Gasteiger partial charge in [-0.2, -0.15) is 0 Å². The number of H-pyrrole nitrogens is 2. The highest BCUT2D eigenvalue weighted by atomic mass is 16.3. The lowest BCUT2D eigenvalue weighted by molar-refractivity contribution is 0.580. The van der Waals surface area contributed by atoms with E-state index >= 15 is 0 Å². The van der Waals surface area contributed by atoms with Gasteiger partial charge in [-0.1, -0.05) is 36.4 Å². The Balaban J connectivity index is 1.63. The second-order valence-electron chi connectivity index (χ2n) is 7.14. The molecule has 0 spiro atoms. The standard InChI is InChI=1S/C24H15N5O2/c30-19-12-17(14-5-2-1-3-6-14)27-24-22(19)28-21(23(29-24)20-7-4-10-31-20)15-8-9-16-18(11-15)26-13-25-16/h1-13H,(H,25,26)(H,27,29,30). The second-order valence-corrected chi connectivity index (χ2v) is 7.14. The number of aromatic amines is 2. The number of rotatable bonds is 3. The van der Waals surface area contributed by atoms with Crippen molar-refractivity contribution in [1.82, 2.24) is 24.9 Å². The maximum absolute atomic E-state index is 13.0. The molecule has 6 aromatic rings. The Hall–Kier alpha value is -4.52. The highest BCUT2D eigenvalue weighted by Gasteiger charge is 2.18. The number of aromatic nitrogens is 5. The number of fused-ring (bicyclic) bond motifs is 2. The first-order valence-electron chi connectivity index (χ1n) is 9.74. The monoisotopic (exact) mass is 405 g/mol. The van der Waals surface area contributed by atoms with Crippen LogP contribution in [0.1, 0.15) is 0 Å². The van der Waals surface area contributed by atoms with Crippen LogP contribution in [-0.4, -0.2) is 24.9 Å². The smallest absolute Gasteiger partial charge is 0.210 e.